The minimum Gasteiger partial charge on any atom is -0.452 e. The van der Waals surface area contributed by atoms with Crippen molar-refractivity contribution in [2.24, 2.45) is 17.8 Å². The highest BCUT2D eigenvalue weighted by Gasteiger charge is 2.45. The lowest BCUT2D eigenvalue weighted by molar-refractivity contribution is -0.163. The summed E-state index contributed by atoms with van der Waals surface area (Å²) in [6.07, 6.45) is -2.09. The average molecular weight is 644 g/mol. The number of alkyl halides is 1. The average Bonchev–Trinajstić information content (AvgIpc) is 3.37. The van der Waals surface area contributed by atoms with Crippen molar-refractivity contribution in [3.05, 3.63) is 0 Å². The molecular weight excluding hydrogens is 594 g/mol. The highest BCUT2D eigenvalue weighted by Crippen LogP contribution is 2.27. The normalized spacial score (nSPS) is 30.2. The van der Waals surface area contributed by atoms with Crippen molar-refractivity contribution in [1.82, 2.24) is 25.3 Å². The number of amides is 5. The van der Waals surface area contributed by atoms with E-state index in [9.17, 15) is 33.9 Å². The molecule has 0 aliphatic carbocycles. The summed E-state index contributed by atoms with van der Waals surface area (Å²) in [6.45, 7) is 10.7. The number of halogens is 1. The number of nitrogens with zero attached hydrogens (tertiary/aromatic N) is 3. The van der Waals surface area contributed by atoms with Crippen LogP contribution in [0.15, 0.2) is 0 Å². The third-order valence-electron chi connectivity index (χ3n) is 8.83. The SMILES string of the molecule is CCC(C)[C@@H]1NC(=O)[C@@H]2[C@@H](C)CCN2C(=O)C(C[C@H](O)CCl)OC(=O)CCNC(=O)[C@H](C)N(C)C(=O)[C@H](C(C)C)N(C)C1=O. The van der Waals surface area contributed by atoms with Crippen molar-refractivity contribution in [2.45, 2.75) is 104 Å². The minimum atomic E-state index is -1.41. The highest BCUT2D eigenvalue weighted by molar-refractivity contribution is 6.18. The second-order valence-electron chi connectivity index (χ2n) is 12.4. The van der Waals surface area contributed by atoms with E-state index in [1.165, 1.54) is 35.7 Å². The third-order valence-corrected chi connectivity index (χ3v) is 9.18. The van der Waals surface area contributed by atoms with Gasteiger partial charge >= 0.3 is 5.97 Å². The van der Waals surface area contributed by atoms with E-state index in [-0.39, 0.29) is 49.6 Å². The van der Waals surface area contributed by atoms with Gasteiger partial charge < -0.3 is 35.2 Å². The fraction of sp³-hybridized carbons (Fsp3) is 0.800. The number of aliphatic hydroxyl groups is 1. The first kappa shape index (κ1) is 37.3. The molecule has 0 saturated carbocycles. The Morgan fingerprint density at radius 2 is 1.61 bits per heavy atom. The number of likely N-dealkylation sites (N-methyl/N-ethyl adjacent to an activating group) is 2. The summed E-state index contributed by atoms with van der Waals surface area (Å²) >= 11 is 5.78. The molecule has 2 aliphatic heterocycles. The predicted octanol–water partition coefficient (Wildman–Crippen LogP) is 0.506. The number of carbonyl (C=O) groups is 6. The lowest BCUT2D eigenvalue weighted by Crippen LogP contribution is -2.61. The van der Waals surface area contributed by atoms with E-state index >= 15 is 0 Å². The third kappa shape index (κ3) is 8.83. The zero-order valence-electron chi connectivity index (χ0n) is 27.2. The van der Waals surface area contributed by atoms with Crippen LogP contribution in [0.2, 0.25) is 0 Å². The molecule has 8 atom stereocenters. The Morgan fingerprint density at radius 3 is 2.18 bits per heavy atom. The summed E-state index contributed by atoms with van der Waals surface area (Å²) in [7, 11) is 2.98. The Bertz CT molecular complexity index is 1070. The van der Waals surface area contributed by atoms with Crippen LogP contribution in [0.3, 0.4) is 0 Å². The maximum Gasteiger partial charge on any atom is 0.308 e. The molecule has 2 rings (SSSR count). The lowest BCUT2D eigenvalue weighted by atomic mass is 9.94. The second kappa shape index (κ2) is 16.4. The molecule has 2 heterocycles. The highest BCUT2D eigenvalue weighted by atomic mass is 35.5. The topological polar surface area (TPSA) is 166 Å². The van der Waals surface area contributed by atoms with Crippen LogP contribution in [-0.2, 0) is 33.5 Å². The first-order valence-corrected chi connectivity index (χ1v) is 16.0. The molecular formula is C30H50ClN5O8. The molecule has 5 amide bonds. The van der Waals surface area contributed by atoms with Gasteiger partial charge in [-0.15, -0.1) is 11.6 Å². The Balaban J connectivity index is 2.59. The van der Waals surface area contributed by atoms with Crippen LogP contribution in [0.5, 0.6) is 0 Å². The molecule has 3 N–H and O–H groups in total. The fourth-order valence-electron chi connectivity index (χ4n) is 5.69. The summed E-state index contributed by atoms with van der Waals surface area (Å²) in [5.41, 5.74) is 0. The Kier molecular flexibility index (Phi) is 13.9. The van der Waals surface area contributed by atoms with E-state index in [4.69, 9.17) is 16.3 Å². The fourth-order valence-corrected chi connectivity index (χ4v) is 5.82. The number of nitrogens with one attached hydrogen (secondary N) is 2. The van der Waals surface area contributed by atoms with E-state index in [0.29, 0.717) is 12.8 Å². The number of rotatable bonds is 6. The summed E-state index contributed by atoms with van der Waals surface area (Å²) in [4.78, 5) is 84.9. The van der Waals surface area contributed by atoms with Gasteiger partial charge in [-0.1, -0.05) is 41.0 Å². The van der Waals surface area contributed by atoms with Gasteiger partial charge in [-0.2, -0.15) is 0 Å². The van der Waals surface area contributed by atoms with Crippen molar-refractivity contribution >= 4 is 47.1 Å². The van der Waals surface area contributed by atoms with Crippen molar-refractivity contribution < 1.29 is 38.6 Å². The Labute approximate surface area is 265 Å². The molecule has 2 aliphatic rings. The molecule has 0 aromatic carbocycles. The van der Waals surface area contributed by atoms with Crippen molar-refractivity contribution in [3.63, 3.8) is 0 Å². The molecule has 0 aromatic rings. The molecule has 0 spiro atoms. The molecule has 44 heavy (non-hydrogen) atoms. The summed E-state index contributed by atoms with van der Waals surface area (Å²) in [5, 5.41) is 15.7. The number of carbonyl (C=O) groups excluding carboxylic acids is 6. The Hall–Kier alpha value is -2.93. The van der Waals surface area contributed by atoms with Crippen LogP contribution in [0.4, 0.5) is 0 Å². The van der Waals surface area contributed by atoms with E-state index in [1.54, 1.807) is 13.8 Å². The maximum absolute atomic E-state index is 14.0. The van der Waals surface area contributed by atoms with Crippen LogP contribution in [-0.4, -0.2) is 125 Å². The van der Waals surface area contributed by atoms with Crippen molar-refractivity contribution in [2.75, 3.05) is 33.1 Å². The van der Waals surface area contributed by atoms with Gasteiger partial charge in [0.25, 0.3) is 5.91 Å². The van der Waals surface area contributed by atoms with Crippen LogP contribution in [0, 0.1) is 17.8 Å². The van der Waals surface area contributed by atoms with Gasteiger partial charge in [0, 0.05) is 39.5 Å². The summed E-state index contributed by atoms with van der Waals surface area (Å²) in [6, 6.07) is -3.83. The van der Waals surface area contributed by atoms with Gasteiger partial charge in [0.1, 0.15) is 24.2 Å². The van der Waals surface area contributed by atoms with E-state index < -0.39 is 71.9 Å². The maximum atomic E-state index is 14.0. The number of esters is 1. The van der Waals surface area contributed by atoms with Gasteiger partial charge in [0.15, 0.2) is 6.10 Å². The molecule has 13 nitrogen and oxygen atoms in total. The zero-order valence-corrected chi connectivity index (χ0v) is 27.9. The van der Waals surface area contributed by atoms with Gasteiger partial charge in [0.2, 0.25) is 23.6 Å². The number of cyclic esters (lactones) is 1. The standard InChI is InChI=1S/C30H50ClN5O8/c1-9-17(4)23-29(42)35(8)24(16(2)3)30(43)34(7)19(6)26(39)32-12-10-22(38)44-21(14-20(37)15-31)28(41)36-13-11-18(5)25(36)27(40)33-23/h16-21,23-25,37H,9-15H2,1-8H3,(H,32,39)(H,33,40)/t17?,18-,19-,20-,21?,23-,24-,25-/m0/s1. The number of aliphatic hydroxyl groups excluding tert-OH is 1. The van der Waals surface area contributed by atoms with Gasteiger partial charge in [-0.3, -0.25) is 28.8 Å². The second-order valence-corrected chi connectivity index (χ2v) is 12.7. The zero-order chi connectivity index (χ0) is 33.5. The lowest BCUT2D eigenvalue weighted by Gasteiger charge is -2.38. The molecule has 0 radical (unpaired) electrons. The summed E-state index contributed by atoms with van der Waals surface area (Å²) in [5.74, 6) is -4.55. The molecule has 0 bridgehead atoms. The van der Waals surface area contributed by atoms with Crippen LogP contribution < -0.4 is 10.6 Å². The van der Waals surface area contributed by atoms with Crippen LogP contribution >= 0.6 is 11.6 Å². The van der Waals surface area contributed by atoms with Gasteiger partial charge in [0.05, 0.1) is 12.5 Å². The van der Waals surface area contributed by atoms with E-state index in [0.717, 1.165) is 0 Å². The number of ether oxygens (including phenoxy) is 1. The first-order chi connectivity index (χ1) is 20.6. The quantitative estimate of drug-likeness (QED) is 0.278. The van der Waals surface area contributed by atoms with Crippen molar-refractivity contribution in [3.8, 4) is 0 Å². The van der Waals surface area contributed by atoms with Gasteiger partial charge in [-0.25, -0.2) is 0 Å². The number of hydrogen-bond acceptors (Lipinski definition) is 8. The van der Waals surface area contributed by atoms with Crippen molar-refractivity contribution in [1.29, 1.82) is 0 Å². The molecule has 14 heteroatoms. The molecule has 250 valence electrons. The minimum absolute atomic E-state index is 0.128. The largest absolute Gasteiger partial charge is 0.452 e. The van der Waals surface area contributed by atoms with E-state index in [1.807, 2.05) is 20.8 Å². The predicted molar refractivity (Wildman–Crippen MR) is 163 cm³/mol. The molecule has 2 fully saturated rings. The monoisotopic (exact) mass is 643 g/mol. The van der Waals surface area contributed by atoms with Crippen LogP contribution in [0.25, 0.3) is 0 Å². The number of fused-ring (bicyclic) bond motifs is 1. The first-order valence-electron chi connectivity index (χ1n) is 15.4. The molecule has 2 unspecified atom stereocenters. The summed E-state index contributed by atoms with van der Waals surface area (Å²) < 4.78 is 5.47. The van der Waals surface area contributed by atoms with E-state index in [2.05, 4.69) is 10.6 Å². The molecule has 0 aromatic heterocycles. The Morgan fingerprint density at radius 1 is 0.977 bits per heavy atom. The van der Waals surface area contributed by atoms with Gasteiger partial charge in [-0.05, 0) is 31.1 Å². The smallest absolute Gasteiger partial charge is 0.308 e. The number of hydrogen-bond donors (Lipinski definition) is 3. The van der Waals surface area contributed by atoms with Crippen LogP contribution in [0.1, 0.15) is 67.2 Å². The molecule has 2 saturated heterocycles.